The largest absolute Gasteiger partial charge is 0.391 e. The quantitative estimate of drug-likeness (QED) is 0.254. The minimum atomic E-state index is -0.478. The second kappa shape index (κ2) is 13.6. The number of benzene rings is 2. The van der Waals surface area contributed by atoms with Crippen LogP contribution < -0.4 is 0 Å². The molecular weight excluding hydrogens is 471 g/mol. The zero-order chi connectivity index (χ0) is 25.9. The fourth-order valence-electron chi connectivity index (χ4n) is 4.61. The molecule has 2 aromatic carbocycles. The van der Waals surface area contributed by atoms with E-state index in [2.05, 4.69) is 14.7 Å². The molecule has 2 aliphatic heterocycles. The molecule has 2 saturated heterocycles. The first-order valence-corrected chi connectivity index (χ1v) is 11.6. The Morgan fingerprint density at radius 3 is 2.06 bits per heavy atom. The lowest BCUT2D eigenvalue weighted by Crippen LogP contribution is -2.58. The van der Waals surface area contributed by atoms with E-state index in [-0.39, 0.29) is 29.5 Å². The molecule has 0 bridgehead atoms. The first-order valence-electron chi connectivity index (χ1n) is 11.6. The van der Waals surface area contributed by atoms with Gasteiger partial charge in [0.1, 0.15) is 5.82 Å². The first-order chi connectivity index (χ1) is 17.4. The highest BCUT2D eigenvalue weighted by atomic mass is 19.1. The lowest BCUT2D eigenvalue weighted by Gasteiger charge is -2.44. The van der Waals surface area contributed by atoms with E-state index in [1.54, 1.807) is 12.1 Å². The number of ketones is 1. The Hall–Kier alpha value is -3.49. The topological polar surface area (TPSA) is 120 Å². The van der Waals surface area contributed by atoms with Gasteiger partial charge in [-0.05, 0) is 68.8 Å². The Bertz CT molecular complexity index is 1040. The number of nitrogens with zero attached hydrogens (tertiary/aromatic N) is 2. The van der Waals surface area contributed by atoms with Gasteiger partial charge in [0, 0.05) is 30.1 Å². The van der Waals surface area contributed by atoms with E-state index >= 15 is 0 Å². The van der Waals surface area contributed by atoms with E-state index < -0.39 is 6.10 Å². The van der Waals surface area contributed by atoms with Crippen molar-refractivity contribution in [2.24, 2.45) is 5.92 Å². The van der Waals surface area contributed by atoms with Crippen LogP contribution in [0.4, 0.5) is 4.39 Å². The average Bonchev–Trinajstić information content (AvgIpc) is 2.93. The molecule has 192 valence electrons. The molecule has 1 amide bonds. The van der Waals surface area contributed by atoms with Crippen molar-refractivity contribution in [1.82, 2.24) is 9.80 Å². The SMILES string of the molecule is O=C(c1ccc(F)cc1)C1CCN(C2CN(C(=O)c3ccccc3)CCC2O)CC1.OOC#COO. The van der Waals surface area contributed by atoms with Crippen molar-refractivity contribution in [2.75, 3.05) is 26.2 Å². The molecule has 10 heteroatoms. The Morgan fingerprint density at radius 1 is 0.861 bits per heavy atom. The van der Waals surface area contributed by atoms with Crippen LogP contribution in [0.1, 0.15) is 40.0 Å². The van der Waals surface area contributed by atoms with Crippen LogP contribution in [0, 0.1) is 23.9 Å². The van der Waals surface area contributed by atoms with Crippen molar-refractivity contribution in [3.05, 3.63) is 71.5 Å². The Balaban J connectivity index is 0.000000538. The molecule has 0 radical (unpaired) electrons. The molecule has 2 aromatic rings. The van der Waals surface area contributed by atoms with Crippen LogP contribution in [0.25, 0.3) is 0 Å². The van der Waals surface area contributed by atoms with Gasteiger partial charge in [-0.1, -0.05) is 18.2 Å². The van der Waals surface area contributed by atoms with Crippen molar-refractivity contribution < 1.29 is 39.4 Å². The minimum Gasteiger partial charge on any atom is -0.391 e. The summed E-state index contributed by atoms with van der Waals surface area (Å²) in [5.74, 6) is -0.384. The van der Waals surface area contributed by atoms with Gasteiger partial charge >= 0.3 is 0 Å². The number of amides is 1. The van der Waals surface area contributed by atoms with E-state index in [1.165, 1.54) is 24.3 Å². The van der Waals surface area contributed by atoms with Gasteiger partial charge in [0.05, 0.1) is 12.1 Å². The molecule has 36 heavy (non-hydrogen) atoms. The van der Waals surface area contributed by atoms with Crippen LogP contribution in [-0.2, 0) is 9.78 Å². The van der Waals surface area contributed by atoms with Crippen LogP contribution in [-0.4, -0.2) is 75.4 Å². The maximum absolute atomic E-state index is 13.1. The van der Waals surface area contributed by atoms with E-state index in [1.807, 2.05) is 35.2 Å². The standard InChI is InChI=1S/C24H27FN2O3.C2H2O4/c25-20-8-6-17(7-9-20)23(29)18-10-13-26(14-11-18)21-16-27(15-12-22(21)28)24(30)19-4-2-1-3-5-19;3-5-1-2-6-4/h1-9,18,21-22,28H,10-16H2;3-4H. The third kappa shape index (κ3) is 7.26. The zero-order valence-electron chi connectivity index (χ0n) is 19.6. The lowest BCUT2D eigenvalue weighted by atomic mass is 9.87. The third-order valence-corrected chi connectivity index (χ3v) is 6.49. The fraction of sp³-hybridized carbons (Fsp3) is 0.385. The first kappa shape index (κ1) is 27.1. The summed E-state index contributed by atoms with van der Waals surface area (Å²) in [5.41, 5.74) is 1.21. The van der Waals surface area contributed by atoms with Gasteiger partial charge in [-0.2, -0.15) is 10.5 Å². The Labute approximate surface area is 208 Å². The second-order valence-corrected chi connectivity index (χ2v) is 8.61. The van der Waals surface area contributed by atoms with Gasteiger partial charge in [0.2, 0.25) is 12.2 Å². The molecule has 0 spiro atoms. The number of rotatable bonds is 4. The fourth-order valence-corrected chi connectivity index (χ4v) is 4.61. The lowest BCUT2D eigenvalue weighted by molar-refractivity contribution is -0.188. The van der Waals surface area contributed by atoms with Gasteiger partial charge in [-0.25, -0.2) is 4.39 Å². The van der Waals surface area contributed by atoms with Crippen LogP contribution in [0.2, 0.25) is 0 Å². The zero-order valence-corrected chi connectivity index (χ0v) is 19.6. The molecule has 0 aliphatic carbocycles. The van der Waals surface area contributed by atoms with Crippen molar-refractivity contribution in [2.45, 2.75) is 31.4 Å². The van der Waals surface area contributed by atoms with Gasteiger partial charge in [0.15, 0.2) is 5.78 Å². The molecule has 3 N–H and O–H groups in total. The number of piperidine rings is 2. The summed E-state index contributed by atoms with van der Waals surface area (Å²) < 4.78 is 13.1. The van der Waals surface area contributed by atoms with Gasteiger partial charge in [0.25, 0.3) is 5.91 Å². The van der Waals surface area contributed by atoms with Crippen molar-refractivity contribution >= 4 is 11.7 Å². The summed E-state index contributed by atoms with van der Waals surface area (Å²) in [5, 5.41) is 25.3. The van der Waals surface area contributed by atoms with Crippen molar-refractivity contribution in [3.63, 3.8) is 0 Å². The van der Waals surface area contributed by atoms with Crippen LogP contribution >= 0.6 is 0 Å². The molecule has 9 nitrogen and oxygen atoms in total. The number of halogens is 1. The van der Waals surface area contributed by atoms with Crippen LogP contribution in [0.5, 0.6) is 0 Å². The number of aliphatic hydroxyl groups excluding tert-OH is 1. The number of likely N-dealkylation sites (tertiary alicyclic amines) is 2. The molecule has 0 aromatic heterocycles. The molecule has 2 aliphatic rings. The van der Waals surface area contributed by atoms with Crippen molar-refractivity contribution in [3.8, 4) is 12.2 Å². The molecular formula is C26H29FN2O7. The summed E-state index contributed by atoms with van der Waals surface area (Å²) in [6.07, 6.45) is 4.54. The number of hydrogen-bond acceptors (Lipinski definition) is 8. The smallest absolute Gasteiger partial charge is 0.253 e. The highest BCUT2D eigenvalue weighted by Gasteiger charge is 2.37. The number of hydrogen-bond donors (Lipinski definition) is 3. The molecule has 2 unspecified atom stereocenters. The summed E-state index contributed by atoms with van der Waals surface area (Å²) in [4.78, 5) is 35.8. The number of Topliss-reactive ketones (excluding diaryl/α,β-unsaturated/α-hetero) is 1. The van der Waals surface area contributed by atoms with Gasteiger partial charge < -0.3 is 10.0 Å². The summed E-state index contributed by atoms with van der Waals surface area (Å²) in [6, 6.07) is 14.8. The maximum Gasteiger partial charge on any atom is 0.253 e. The van der Waals surface area contributed by atoms with Gasteiger partial charge in [-0.3, -0.25) is 24.3 Å². The molecule has 2 fully saturated rings. The number of carbonyl (C=O) groups excluding carboxylic acids is 2. The number of aliphatic hydroxyl groups is 1. The molecule has 4 rings (SSSR count). The Kier molecular flexibility index (Phi) is 10.2. The highest BCUT2D eigenvalue weighted by Crippen LogP contribution is 2.27. The van der Waals surface area contributed by atoms with Crippen LogP contribution in [0.15, 0.2) is 54.6 Å². The Morgan fingerprint density at radius 2 is 1.47 bits per heavy atom. The van der Waals surface area contributed by atoms with E-state index in [9.17, 15) is 19.1 Å². The van der Waals surface area contributed by atoms with E-state index in [0.717, 1.165) is 0 Å². The predicted molar refractivity (Wildman–Crippen MR) is 127 cm³/mol. The minimum absolute atomic E-state index is 0.00567. The summed E-state index contributed by atoms with van der Waals surface area (Å²) in [6.45, 7) is 2.44. The van der Waals surface area contributed by atoms with Gasteiger partial charge in [-0.15, -0.1) is 0 Å². The average molecular weight is 501 g/mol. The molecule has 2 atom stereocenters. The highest BCUT2D eigenvalue weighted by molar-refractivity contribution is 5.97. The van der Waals surface area contributed by atoms with E-state index in [0.29, 0.717) is 56.6 Å². The molecule has 2 heterocycles. The third-order valence-electron chi connectivity index (χ3n) is 6.49. The second-order valence-electron chi connectivity index (χ2n) is 8.61. The summed E-state index contributed by atoms with van der Waals surface area (Å²) in [7, 11) is 0. The predicted octanol–water partition coefficient (Wildman–Crippen LogP) is 2.88. The van der Waals surface area contributed by atoms with E-state index in [4.69, 9.17) is 10.5 Å². The molecule has 0 saturated carbocycles. The number of carbonyl (C=O) groups is 2. The van der Waals surface area contributed by atoms with Crippen LogP contribution in [0.3, 0.4) is 0 Å². The van der Waals surface area contributed by atoms with Crippen molar-refractivity contribution in [1.29, 1.82) is 0 Å². The monoisotopic (exact) mass is 500 g/mol. The normalized spacial score (nSPS) is 20.3. The maximum atomic E-state index is 13.1. The summed E-state index contributed by atoms with van der Waals surface area (Å²) >= 11 is 0.